The average Bonchev–Trinajstić information content (AvgIpc) is 3.47. The van der Waals surface area contributed by atoms with E-state index in [1.807, 2.05) is 34.5 Å². The van der Waals surface area contributed by atoms with Crippen molar-refractivity contribution in [1.29, 1.82) is 0 Å². The van der Waals surface area contributed by atoms with Crippen molar-refractivity contribution in [3.05, 3.63) is 52.1 Å². The van der Waals surface area contributed by atoms with Gasteiger partial charge in [0.05, 0.1) is 40.0 Å². The Morgan fingerprint density at radius 3 is 2.88 bits per heavy atom. The van der Waals surface area contributed by atoms with Crippen LogP contribution in [0.4, 0.5) is 0 Å². The summed E-state index contributed by atoms with van der Waals surface area (Å²) in [4.78, 5) is 20.7. The van der Waals surface area contributed by atoms with Gasteiger partial charge in [-0.25, -0.2) is 14.2 Å². The Bertz CT molecular complexity index is 1610. The Balaban J connectivity index is 1.66. The minimum absolute atomic E-state index is 0.0450. The van der Waals surface area contributed by atoms with Crippen molar-refractivity contribution in [1.82, 2.24) is 29.4 Å². The molecule has 5 heterocycles. The van der Waals surface area contributed by atoms with E-state index in [1.165, 1.54) is 17.3 Å². The van der Waals surface area contributed by atoms with E-state index in [9.17, 15) is 4.79 Å². The topological polar surface area (TPSA) is 90.1 Å². The molecule has 0 saturated carbocycles. The third-order valence-corrected chi connectivity index (χ3v) is 7.47. The molecule has 1 aliphatic heterocycles. The van der Waals surface area contributed by atoms with Crippen LogP contribution in [0.2, 0.25) is 0 Å². The minimum atomic E-state index is -0.147. The minimum Gasteiger partial charge on any atom is -0.356 e. The van der Waals surface area contributed by atoms with Crippen LogP contribution in [0, 0.1) is 13.8 Å². The second kappa shape index (κ2) is 8.25. The van der Waals surface area contributed by atoms with Gasteiger partial charge in [-0.3, -0.25) is 4.79 Å². The predicted octanol–water partition coefficient (Wildman–Crippen LogP) is 5.02. The van der Waals surface area contributed by atoms with Gasteiger partial charge in [0.25, 0.3) is 5.56 Å². The molecule has 34 heavy (non-hydrogen) atoms. The van der Waals surface area contributed by atoms with Crippen molar-refractivity contribution in [3.63, 3.8) is 0 Å². The first kappa shape index (κ1) is 21.4. The normalized spacial score (nSPS) is 16.7. The number of aromatic amines is 1. The number of aryl methyl sites for hydroxylation is 1. The second-order valence-corrected chi connectivity index (χ2v) is 10.0. The fourth-order valence-electron chi connectivity index (χ4n) is 4.98. The van der Waals surface area contributed by atoms with Gasteiger partial charge in [-0.05, 0) is 68.2 Å². The monoisotopic (exact) mass is 474 g/mol. The van der Waals surface area contributed by atoms with Crippen molar-refractivity contribution in [3.8, 4) is 11.3 Å². The van der Waals surface area contributed by atoms with Crippen LogP contribution in [0.25, 0.3) is 38.6 Å². The number of ether oxygens (including phenoxy) is 1. The van der Waals surface area contributed by atoms with Crippen LogP contribution >= 0.6 is 11.8 Å². The van der Waals surface area contributed by atoms with E-state index in [0.717, 1.165) is 64.9 Å². The average molecular weight is 475 g/mol. The molecule has 0 aliphatic carbocycles. The van der Waals surface area contributed by atoms with Gasteiger partial charge < -0.3 is 9.72 Å². The van der Waals surface area contributed by atoms with Crippen molar-refractivity contribution in [2.24, 2.45) is 0 Å². The molecule has 6 rings (SSSR count). The Morgan fingerprint density at radius 1 is 1.21 bits per heavy atom. The lowest BCUT2D eigenvalue weighted by Crippen LogP contribution is -2.19. The van der Waals surface area contributed by atoms with Crippen LogP contribution in [-0.2, 0) is 4.74 Å². The summed E-state index contributed by atoms with van der Waals surface area (Å²) in [6.07, 6.45) is 6.81. The largest absolute Gasteiger partial charge is 0.356 e. The third-order valence-electron chi connectivity index (χ3n) is 6.71. The molecular weight excluding hydrogens is 448 g/mol. The molecule has 4 aromatic heterocycles. The summed E-state index contributed by atoms with van der Waals surface area (Å²) < 4.78 is 9.91. The summed E-state index contributed by atoms with van der Waals surface area (Å²) >= 11 is 1.52. The van der Waals surface area contributed by atoms with Crippen LogP contribution in [0.5, 0.6) is 0 Å². The Labute approximate surface area is 200 Å². The van der Waals surface area contributed by atoms with Crippen LogP contribution in [0.15, 0.2) is 40.5 Å². The first-order valence-corrected chi connectivity index (χ1v) is 12.7. The summed E-state index contributed by atoms with van der Waals surface area (Å²) in [7, 11) is 0. The number of benzene rings is 1. The van der Waals surface area contributed by atoms with E-state index in [0.29, 0.717) is 16.1 Å². The zero-order valence-electron chi connectivity index (χ0n) is 19.5. The first-order valence-electron chi connectivity index (χ1n) is 11.7. The molecule has 8 nitrogen and oxygen atoms in total. The molecule has 0 bridgehead atoms. The molecule has 1 fully saturated rings. The van der Waals surface area contributed by atoms with Crippen LogP contribution < -0.4 is 5.56 Å². The summed E-state index contributed by atoms with van der Waals surface area (Å²) in [5.41, 5.74) is 6.58. The third kappa shape index (κ3) is 3.25. The van der Waals surface area contributed by atoms with E-state index in [4.69, 9.17) is 14.8 Å². The number of pyridine rings is 1. The van der Waals surface area contributed by atoms with Crippen LogP contribution in [-0.4, -0.2) is 41.7 Å². The van der Waals surface area contributed by atoms with E-state index in [1.54, 1.807) is 6.20 Å². The fraction of sp³-hybridized carbons (Fsp3) is 0.360. The Kier molecular flexibility index (Phi) is 5.18. The van der Waals surface area contributed by atoms with E-state index in [-0.39, 0.29) is 11.8 Å². The molecule has 174 valence electrons. The number of nitrogens with zero attached hydrogens (tertiary/aromatic N) is 5. The number of hydrogen-bond acceptors (Lipinski definition) is 6. The van der Waals surface area contributed by atoms with Gasteiger partial charge >= 0.3 is 0 Å². The molecule has 1 unspecified atom stereocenters. The molecule has 0 amide bonds. The quantitative estimate of drug-likeness (QED) is 0.291. The Hall–Kier alpha value is -3.17. The highest BCUT2D eigenvalue weighted by Gasteiger charge is 2.23. The maximum absolute atomic E-state index is 13.0. The molecule has 1 saturated heterocycles. The highest BCUT2D eigenvalue weighted by Crippen LogP contribution is 2.37. The zero-order chi connectivity index (χ0) is 23.4. The van der Waals surface area contributed by atoms with Gasteiger partial charge in [0.1, 0.15) is 0 Å². The lowest BCUT2D eigenvalue weighted by Gasteiger charge is -2.24. The predicted molar refractivity (Wildman–Crippen MR) is 135 cm³/mol. The number of aromatic nitrogens is 6. The van der Waals surface area contributed by atoms with Crippen LogP contribution in [0.3, 0.4) is 0 Å². The molecule has 0 spiro atoms. The van der Waals surface area contributed by atoms with Crippen molar-refractivity contribution < 1.29 is 4.74 Å². The molecule has 1 N–H and O–H groups in total. The van der Waals surface area contributed by atoms with Crippen molar-refractivity contribution in [2.45, 2.75) is 51.4 Å². The Morgan fingerprint density at radius 2 is 2.09 bits per heavy atom. The highest BCUT2D eigenvalue weighted by atomic mass is 32.2. The SMILES string of the molecule is CCSc1nc2cc(-c3c(C)c(C)cc4c3cnn4C3CCCCO3)n3nccc3c2c(=O)[nH]1. The van der Waals surface area contributed by atoms with Gasteiger partial charge in [-0.2, -0.15) is 10.2 Å². The number of hydrogen-bond donors (Lipinski definition) is 1. The summed E-state index contributed by atoms with van der Waals surface area (Å²) in [6.45, 7) is 7.06. The van der Waals surface area contributed by atoms with Crippen LogP contribution in [0.1, 0.15) is 43.5 Å². The van der Waals surface area contributed by atoms with Gasteiger partial charge in [-0.15, -0.1) is 0 Å². The number of rotatable bonds is 4. The summed E-state index contributed by atoms with van der Waals surface area (Å²) in [5.74, 6) is 0.830. The van der Waals surface area contributed by atoms with E-state index < -0.39 is 0 Å². The first-order chi connectivity index (χ1) is 16.6. The maximum atomic E-state index is 13.0. The molecule has 5 aromatic rings. The lowest BCUT2D eigenvalue weighted by atomic mass is 9.96. The van der Waals surface area contributed by atoms with Gasteiger partial charge in [0.2, 0.25) is 0 Å². The number of H-pyrrole nitrogens is 1. The lowest BCUT2D eigenvalue weighted by molar-refractivity contribution is -0.0366. The molecular formula is C25H26N6O2S. The fourth-order valence-corrected chi connectivity index (χ4v) is 5.58. The number of fused-ring (bicyclic) bond motifs is 4. The standard InChI is InChI=1S/C25H26N6O2S/c1-4-34-25-28-17-12-20(30-18(8-9-26-30)23(17)24(32)29-25)22-15(3)14(2)11-19-16(22)13-27-31(19)21-7-5-6-10-33-21/h8-9,11-13,21H,4-7,10H2,1-3H3,(H,28,29,32). The van der Waals surface area contributed by atoms with Crippen molar-refractivity contribution in [2.75, 3.05) is 12.4 Å². The van der Waals surface area contributed by atoms with E-state index >= 15 is 0 Å². The molecule has 9 heteroatoms. The summed E-state index contributed by atoms with van der Waals surface area (Å²) in [6, 6.07) is 6.05. The van der Waals surface area contributed by atoms with Crippen molar-refractivity contribution >= 4 is 39.1 Å². The smallest absolute Gasteiger partial charge is 0.261 e. The molecule has 1 aromatic carbocycles. The molecule has 1 atom stereocenters. The highest BCUT2D eigenvalue weighted by molar-refractivity contribution is 7.99. The number of thioether (sulfide) groups is 1. The molecule has 1 aliphatic rings. The summed E-state index contributed by atoms with van der Waals surface area (Å²) in [5, 5.41) is 11.6. The van der Waals surface area contributed by atoms with Gasteiger partial charge in [-0.1, -0.05) is 18.7 Å². The zero-order valence-corrected chi connectivity index (χ0v) is 20.3. The van der Waals surface area contributed by atoms with Gasteiger partial charge in [0.15, 0.2) is 11.4 Å². The van der Waals surface area contributed by atoms with E-state index in [2.05, 4.69) is 30.0 Å². The maximum Gasteiger partial charge on any atom is 0.261 e. The van der Waals surface area contributed by atoms with Gasteiger partial charge in [0, 0.05) is 17.6 Å². The number of nitrogens with one attached hydrogen (secondary N) is 1. The second-order valence-electron chi connectivity index (χ2n) is 8.76. The molecule has 0 radical (unpaired) electrons.